The van der Waals surface area contributed by atoms with Crippen LogP contribution in [0.25, 0.3) is 0 Å². The number of hydrogen-bond donors (Lipinski definition) is 2. The number of hydrogen-bond acceptors (Lipinski definition) is 4. The molecule has 0 unspecified atom stereocenters. The lowest BCUT2D eigenvalue weighted by atomic mass is 10.1. The van der Waals surface area contributed by atoms with E-state index in [2.05, 4.69) is 10.0 Å². The summed E-state index contributed by atoms with van der Waals surface area (Å²) in [5.74, 6) is -0.650. The number of nitrogens with one attached hydrogen (secondary N) is 2. The van der Waals surface area contributed by atoms with Crippen LogP contribution in [0.15, 0.2) is 77.7 Å². The van der Waals surface area contributed by atoms with E-state index in [-0.39, 0.29) is 22.4 Å². The van der Waals surface area contributed by atoms with Gasteiger partial charge in [0, 0.05) is 36.4 Å². The first-order chi connectivity index (χ1) is 15.8. The molecular formula is C24H22FN3O4S. The monoisotopic (exact) mass is 467 g/mol. The second-order valence-electron chi connectivity index (χ2n) is 7.71. The molecule has 3 aromatic carbocycles. The van der Waals surface area contributed by atoms with Gasteiger partial charge in [0.1, 0.15) is 5.82 Å². The molecule has 0 aliphatic carbocycles. The van der Waals surface area contributed by atoms with Gasteiger partial charge in [-0.25, -0.2) is 12.8 Å². The quantitative estimate of drug-likeness (QED) is 0.549. The molecule has 3 aromatic rings. The molecule has 33 heavy (non-hydrogen) atoms. The molecule has 0 radical (unpaired) electrons. The molecule has 0 atom stereocenters. The van der Waals surface area contributed by atoms with Crippen LogP contribution in [0.2, 0.25) is 0 Å². The normalized spacial score (nSPS) is 13.7. The predicted molar refractivity (Wildman–Crippen MR) is 123 cm³/mol. The smallest absolute Gasteiger partial charge is 0.261 e. The van der Waals surface area contributed by atoms with Crippen LogP contribution in [0.4, 0.5) is 15.8 Å². The maximum atomic E-state index is 13.0. The number of likely N-dealkylation sites (tertiary alicyclic amines) is 1. The van der Waals surface area contributed by atoms with Gasteiger partial charge in [-0.05, 0) is 72.6 Å². The summed E-state index contributed by atoms with van der Waals surface area (Å²) in [7, 11) is -3.86. The van der Waals surface area contributed by atoms with Crippen LogP contribution < -0.4 is 10.0 Å². The molecule has 0 aromatic heterocycles. The van der Waals surface area contributed by atoms with Crippen molar-refractivity contribution < 1.29 is 22.4 Å². The van der Waals surface area contributed by atoms with Crippen LogP contribution in [0.1, 0.15) is 28.8 Å². The van der Waals surface area contributed by atoms with E-state index < -0.39 is 15.8 Å². The summed E-state index contributed by atoms with van der Waals surface area (Å²) < 4.78 is 40.4. The number of amides is 2. The number of halogens is 1. The van der Waals surface area contributed by atoms with Gasteiger partial charge in [-0.3, -0.25) is 14.3 Å². The Labute approximate surface area is 191 Å². The molecule has 1 fully saturated rings. The minimum absolute atomic E-state index is 0.00522. The van der Waals surface area contributed by atoms with E-state index in [1.54, 1.807) is 17.0 Å². The van der Waals surface area contributed by atoms with E-state index in [1.807, 2.05) is 12.1 Å². The first-order valence-corrected chi connectivity index (χ1v) is 11.8. The highest BCUT2D eigenvalue weighted by atomic mass is 32.2. The van der Waals surface area contributed by atoms with Crippen molar-refractivity contribution in [3.05, 3.63) is 89.7 Å². The van der Waals surface area contributed by atoms with Crippen molar-refractivity contribution in [2.45, 2.75) is 24.3 Å². The maximum Gasteiger partial charge on any atom is 0.261 e. The van der Waals surface area contributed by atoms with Gasteiger partial charge in [0.05, 0.1) is 4.90 Å². The van der Waals surface area contributed by atoms with Gasteiger partial charge in [0.2, 0.25) is 5.91 Å². The Morgan fingerprint density at radius 3 is 2.15 bits per heavy atom. The zero-order valence-electron chi connectivity index (χ0n) is 17.6. The molecule has 1 heterocycles. The van der Waals surface area contributed by atoms with Crippen molar-refractivity contribution in [2.75, 3.05) is 16.6 Å². The summed E-state index contributed by atoms with van der Waals surface area (Å²) in [4.78, 5) is 26.1. The Morgan fingerprint density at radius 2 is 1.55 bits per heavy atom. The molecule has 1 saturated heterocycles. The fourth-order valence-electron chi connectivity index (χ4n) is 3.51. The van der Waals surface area contributed by atoms with E-state index in [0.717, 1.165) is 30.7 Å². The molecule has 2 amide bonds. The summed E-state index contributed by atoms with van der Waals surface area (Å²) in [6, 6.07) is 17.7. The maximum absolute atomic E-state index is 13.0. The lowest BCUT2D eigenvalue weighted by molar-refractivity contribution is -0.128. The summed E-state index contributed by atoms with van der Waals surface area (Å²) in [6.45, 7) is 1.29. The summed E-state index contributed by atoms with van der Waals surface area (Å²) in [6.07, 6.45) is 1.46. The van der Waals surface area contributed by atoms with Crippen molar-refractivity contribution >= 4 is 33.2 Å². The van der Waals surface area contributed by atoms with Crippen LogP contribution in [0, 0.1) is 5.82 Å². The third-order valence-corrected chi connectivity index (χ3v) is 6.68. The van der Waals surface area contributed by atoms with Crippen LogP contribution in [0.3, 0.4) is 0 Å². The molecular weight excluding hydrogens is 445 g/mol. The minimum atomic E-state index is -3.86. The Hall–Kier alpha value is -3.72. The zero-order chi connectivity index (χ0) is 23.4. The van der Waals surface area contributed by atoms with Crippen LogP contribution in [-0.4, -0.2) is 31.7 Å². The number of sulfonamides is 1. The lowest BCUT2D eigenvalue weighted by Gasteiger charge is -2.15. The van der Waals surface area contributed by atoms with Crippen LogP contribution >= 0.6 is 0 Å². The molecule has 4 rings (SSSR count). The SMILES string of the molecule is O=C(Nc1ccc(S(=O)(=O)Nc2ccc(F)cc2)cc1)c1ccc(CN2CCCC2=O)cc1. The standard InChI is InChI=1S/C24H22FN3O4S/c25-19-7-9-21(10-8-19)27-33(31,32)22-13-11-20(12-14-22)26-24(30)18-5-3-17(4-6-18)16-28-15-1-2-23(28)29/h3-14,27H,1-2,15-16H2,(H,26,30). The molecule has 7 nitrogen and oxygen atoms in total. The highest BCUT2D eigenvalue weighted by molar-refractivity contribution is 7.92. The van der Waals surface area contributed by atoms with Gasteiger partial charge in [-0.15, -0.1) is 0 Å². The second-order valence-corrected chi connectivity index (χ2v) is 9.39. The van der Waals surface area contributed by atoms with Gasteiger partial charge in [-0.1, -0.05) is 12.1 Å². The van der Waals surface area contributed by atoms with E-state index >= 15 is 0 Å². The van der Waals surface area contributed by atoms with Crippen molar-refractivity contribution in [2.24, 2.45) is 0 Å². The topological polar surface area (TPSA) is 95.6 Å². The molecule has 9 heteroatoms. The molecule has 0 bridgehead atoms. The zero-order valence-corrected chi connectivity index (χ0v) is 18.4. The Bertz CT molecular complexity index is 1260. The Kier molecular flexibility index (Phi) is 6.41. The van der Waals surface area contributed by atoms with Gasteiger partial charge in [0.25, 0.3) is 15.9 Å². The Balaban J connectivity index is 1.37. The average molecular weight is 468 g/mol. The number of nitrogens with zero attached hydrogens (tertiary/aromatic N) is 1. The van der Waals surface area contributed by atoms with Crippen molar-refractivity contribution in [3.63, 3.8) is 0 Å². The van der Waals surface area contributed by atoms with Gasteiger partial charge in [0.15, 0.2) is 0 Å². The molecule has 0 spiro atoms. The highest BCUT2D eigenvalue weighted by Gasteiger charge is 2.20. The van der Waals surface area contributed by atoms with Crippen molar-refractivity contribution in [1.29, 1.82) is 0 Å². The van der Waals surface area contributed by atoms with Crippen molar-refractivity contribution in [3.8, 4) is 0 Å². The average Bonchev–Trinajstić information content (AvgIpc) is 3.20. The van der Waals surface area contributed by atoms with Gasteiger partial charge >= 0.3 is 0 Å². The Morgan fingerprint density at radius 1 is 0.909 bits per heavy atom. The van der Waals surface area contributed by atoms with E-state index in [1.165, 1.54) is 36.4 Å². The summed E-state index contributed by atoms with van der Waals surface area (Å²) in [5.41, 5.74) is 2.07. The van der Waals surface area contributed by atoms with E-state index in [9.17, 15) is 22.4 Å². The summed E-state index contributed by atoms with van der Waals surface area (Å²) >= 11 is 0. The molecule has 1 aliphatic rings. The molecule has 170 valence electrons. The van der Waals surface area contributed by atoms with E-state index in [4.69, 9.17) is 0 Å². The summed E-state index contributed by atoms with van der Waals surface area (Å²) in [5, 5.41) is 2.73. The van der Waals surface area contributed by atoms with Crippen molar-refractivity contribution in [1.82, 2.24) is 4.90 Å². The number of anilines is 2. The van der Waals surface area contributed by atoms with E-state index in [0.29, 0.717) is 24.2 Å². The number of rotatable bonds is 7. The van der Waals surface area contributed by atoms with Gasteiger partial charge < -0.3 is 10.2 Å². The van der Waals surface area contributed by atoms with Crippen LogP contribution in [0.5, 0.6) is 0 Å². The van der Waals surface area contributed by atoms with Gasteiger partial charge in [-0.2, -0.15) is 0 Å². The lowest BCUT2D eigenvalue weighted by Crippen LogP contribution is -2.23. The third-order valence-electron chi connectivity index (χ3n) is 5.28. The second kappa shape index (κ2) is 9.41. The highest BCUT2D eigenvalue weighted by Crippen LogP contribution is 2.20. The predicted octanol–water partition coefficient (Wildman–Crippen LogP) is 4.00. The largest absolute Gasteiger partial charge is 0.338 e. The number of carbonyl (C=O) groups excluding carboxylic acids is 2. The fourth-order valence-corrected chi connectivity index (χ4v) is 4.56. The molecule has 1 aliphatic heterocycles. The van der Waals surface area contributed by atoms with Crippen LogP contribution in [-0.2, 0) is 21.4 Å². The minimum Gasteiger partial charge on any atom is -0.338 e. The first kappa shape index (κ1) is 22.5. The first-order valence-electron chi connectivity index (χ1n) is 10.4. The number of benzene rings is 3. The number of carbonyl (C=O) groups is 2. The molecule has 0 saturated carbocycles. The third kappa shape index (κ3) is 5.56. The molecule has 2 N–H and O–H groups in total. The fraction of sp³-hybridized carbons (Fsp3) is 0.167.